The SMILES string of the molecule is CCCCOc1ccc(F)cc1C(C(=O)Nc1nccs1)N1Cc2cccc(CCCOCCOCCOCCOc3ccc4c(c3)C(=O)N(C3CCC(=O)NC3=O)C4=O)c2C1=O. The van der Waals surface area contributed by atoms with Gasteiger partial charge in [-0.25, -0.2) is 9.37 Å². The van der Waals surface area contributed by atoms with Gasteiger partial charge in [-0.2, -0.15) is 0 Å². The minimum Gasteiger partial charge on any atom is -0.493 e. The molecule has 2 atom stereocenters. The van der Waals surface area contributed by atoms with E-state index >= 15 is 0 Å². The van der Waals surface area contributed by atoms with Crippen molar-refractivity contribution in [3.63, 3.8) is 0 Å². The van der Waals surface area contributed by atoms with E-state index in [9.17, 15) is 33.2 Å². The second kappa shape index (κ2) is 21.3. The molecular weight excluding hydrogens is 838 g/mol. The van der Waals surface area contributed by atoms with Crippen LogP contribution in [0.2, 0.25) is 0 Å². The van der Waals surface area contributed by atoms with Gasteiger partial charge in [-0.3, -0.25) is 44.3 Å². The predicted molar refractivity (Wildman–Crippen MR) is 226 cm³/mol. The number of amides is 6. The Bertz CT molecular complexity index is 2330. The van der Waals surface area contributed by atoms with Crippen LogP contribution in [0.5, 0.6) is 11.5 Å². The zero-order chi connectivity index (χ0) is 44.3. The number of aromatic nitrogens is 1. The van der Waals surface area contributed by atoms with Gasteiger partial charge in [0.05, 0.1) is 50.8 Å². The van der Waals surface area contributed by atoms with Crippen molar-refractivity contribution in [2.75, 3.05) is 58.2 Å². The molecule has 4 heterocycles. The number of halogens is 1. The maximum absolute atomic E-state index is 14.8. The molecule has 7 rings (SSSR count). The maximum atomic E-state index is 14.8. The van der Waals surface area contributed by atoms with Gasteiger partial charge in [-0.1, -0.05) is 31.5 Å². The largest absolute Gasteiger partial charge is 0.493 e. The van der Waals surface area contributed by atoms with Crippen molar-refractivity contribution in [1.29, 1.82) is 0 Å². The fraction of sp³-hybridized carbons (Fsp3) is 0.400. The van der Waals surface area contributed by atoms with Crippen LogP contribution in [-0.4, -0.2) is 109 Å². The minimum atomic E-state index is -1.18. The van der Waals surface area contributed by atoms with E-state index in [1.165, 1.54) is 46.6 Å². The van der Waals surface area contributed by atoms with Crippen molar-refractivity contribution in [2.45, 2.75) is 64.1 Å². The number of rotatable bonds is 23. The lowest BCUT2D eigenvalue weighted by atomic mass is 9.99. The summed E-state index contributed by atoms with van der Waals surface area (Å²) >= 11 is 1.24. The highest BCUT2D eigenvalue weighted by atomic mass is 32.1. The van der Waals surface area contributed by atoms with Crippen molar-refractivity contribution in [2.24, 2.45) is 0 Å². The van der Waals surface area contributed by atoms with Crippen LogP contribution < -0.4 is 20.1 Å². The van der Waals surface area contributed by atoms with Crippen LogP contribution in [-0.2, 0) is 41.6 Å². The molecule has 0 spiro atoms. The van der Waals surface area contributed by atoms with Crippen molar-refractivity contribution in [3.8, 4) is 11.5 Å². The molecule has 18 heteroatoms. The van der Waals surface area contributed by atoms with E-state index < -0.39 is 47.4 Å². The fourth-order valence-electron chi connectivity index (χ4n) is 7.64. The zero-order valence-corrected chi connectivity index (χ0v) is 35.5. The maximum Gasteiger partial charge on any atom is 0.262 e. The summed E-state index contributed by atoms with van der Waals surface area (Å²) in [5.41, 5.74) is 2.69. The fourth-order valence-corrected chi connectivity index (χ4v) is 8.17. The molecule has 332 valence electrons. The molecule has 3 aromatic carbocycles. The minimum absolute atomic E-state index is 0.0429. The molecule has 6 amide bonds. The Labute approximate surface area is 367 Å². The molecule has 1 saturated heterocycles. The van der Waals surface area contributed by atoms with Crippen LogP contribution in [0.1, 0.15) is 92.8 Å². The molecule has 0 saturated carbocycles. The zero-order valence-electron chi connectivity index (χ0n) is 34.7. The molecule has 0 radical (unpaired) electrons. The van der Waals surface area contributed by atoms with Gasteiger partial charge in [0, 0.05) is 42.3 Å². The number of anilines is 1. The number of hydrogen-bond acceptors (Lipinski definition) is 13. The highest BCUT2D eigenvalue weighted by molar-refractivity contribution is 7.13. The number of nitrogens with zero attached hydrogens (tertiary/aromatic N) is 3. The van der Waals surface area contributed by atoms with Gasteiger partial charge < -0.3 is 28.6 Å². The number of imide groups is 2. The smallest absolute Gasteiger partial charge is 0.262 e. The van der Waals surface area contributed by atoms with Crippen molar-refractivity contribution in [3.05, 3.63) is 105 Å². The lowest BCUT2D eigenvalue weighted by Crippen LogP contribution is -2.54. The number of fused-ring (bicyclic) bond motifs is 2. The van der Waals surface area contributed by atoms with Crippen molar-refractivity contribution < 1.29 is 56.8 Å². The third-order valence-electron chi connectivity index (χ3n) is 10.7. The average Bonchev–Trinajstić information content (AvgIpc) is 3.97. The lowest BCUT2D eigenvalue weighted by molar-refractivity contribution is -0.136. The Morgan fingerprint density at radius 1 is 0.873 bits per heavy atom. The molecule has 2 unspecified atom stereocenters. The molecule has 3 aliphatic rings. The first-order chi connectivity index (χ1) is 30.6. The number of nitrogens with one attached hydrogen (secondary N) is 2. The van der Waals surface area contributed by atoms with Gasteiger partial charge in [-0.15, -0.1) is 11.3 Å². The average molecular weight is 886 g/mol. The summed E-state index contributed by atoms with van der Waals surface area (Å²) in [5.74, 6) is -3.00. The summed E-state index contributed by atoms with van der Waals surface area (Å²) in [4.78, 5) is 84.4. The van der Waals surface area contributed by atoms with E-state index in [0.29, 0.717) is 74.7 Å². The van der Waals surface area contributed by atoms with Crippen LogP contribution in [0.4, 0.5) is 9.52 Å². The van der Waals surface area contributed by atoms with E-state index in [1.807, 2.05) is 25.1 Å². The van der Waals surface area contributed by atoms with E-state index in [2.05, 4.69) is 15.6 Å². The first-order valence-corrected chi connectivity index (χ1v) is 21.8. The molecule has 16 nitrogen and oxygen atoms in total. The molecule has 3 aliphatic heterocycles. The lowest BCUT2D eigenvalue weighted by Gasteiger charge is -2.28. The molecule has 63 heavy (non-hydrogen) atoms. The van der Waals surface area contributed by atoms with Gasteiger partial charge >= 0.3 is 0 Å². The topological polar surface area (TPSA) is 192 Å². The number of thiazole rings is 1. The van der Waals surface area contributed by atoms with Crippen LogP contribution in [0.3, 0.4) is 0 Å². The Morgan fingerprint density at radius 2 is 1.63 bits per heavy atom. The van der Waals surface area contributed by atoms with Crippen LogP contribution in [0, 0.1) is 5.82 Å². The number of aryl methyl sites for hydroxylation is 1. The number of carbonyl (C=O) groups is 6. The molecule has 2 N–H and O–H groups in total. The summed E-state index contributed by atoms with van der Waals surface area (Å²) in [6.07, 6.45) is 4.53. The molecular formula is C45H48FN5O11S. The first kappa shape index (κ1) is 45.0. The first-order valence-electron chi connectivity index (χ1n) is 20.9. The van der Waals surface area contributed by atoms with Gasteiger partial charge in [0.2, 0.25) is 11.8 Å². The van der Waals surface area contributed by atoms with E-state index in [-0.39, 0.29) is 55.2 Å². The third kappa shape index (κ3) is 10.8. The Kier molecular flexibility index (Phi) is 15.2. The number of unbranched alkanes of at least 4 members (excludes halogenated alkanes) is 1. The number of piperidine rings is 1. The summed E-state index contributed by atoms with van der Waals surface area (Å²) in [7, 11) is 0. The highest BCUT2D eigenvalue weighted by Crippen LogP contribution is 2.38. The summed E-state index contributed by atoms with van der Waals surface area (Å²) < 4.78 is 43.5. The van der Waals surface area contributed by atoms with Gasteiger partial charge in [0.25, 0.3) is 23.6 Å². The molecule has 1 aromatic heterocycles. The van der Waals surface area contributed by atoms with E-state index in [0.717, 1.165) is 28.9 Å². The Morgan fingerprint density at radius 3 is 2.38 bits per heavy atom. The molecule has 0 bridgehead atoms. The summed E-state index contributed by atoms with van der Waals surface area (Å²) in [6, 6.07) is 12.0. The van der Waals surface area contributed by atoms with Crippen LogP contribution >= 0.6 is 11.3 Å². The number of benzene rings is 3. The second-order valence-electron chi connectivity index (χ2n) is 14.9. The summed E-state index contributed by atoms with van der Waals surface area (Å²) in [5, 5.41) is 7.06. The number of ether oxygens (including phenoxy) is 5. The van der Waals surface area contributed by atoms with Gasteiger partial charge in [0.1, 0.15) is 36.0 Å². The Hall–Kier alpha value is -6.08. The molecule has 1 fully saturated rings. The van der Waals surface area contributed by atoms with E-state index in [1.54, 1.807) is 17.6 Å². The Balaban J connectivity index is 0.815. The summed E-state index contributed by atoms with van der Waals surface area (Å²) in [6.45, 7) is 4.76. The number of hydrogen-bond donors (Lipinski definition) is 2. The van der Waals surface area contributed by atoms with Gasteiger partial charge in [0.15, 0.2) is 5.13 Å². The quantitative estimate of drug-likeness (QED) is 0.0727. The standard InChI is InChI=1S/C45H48FN5O11S/c1-2-3-17-62-36-13-9-30(46)25-34(36)39(41(54)49-45-47-15-24-63-45)50-27-29-7-4-6-28(38(29)44(50)57)8-5-16-58-18-19-59-20-21-60-22-23-61-31-10-11-32-33(26-31)43(56)51(42(32)55)35-12-14-37(52)48-40(35)53/h4,6-7,9-11,13,15,24-26,35,39H,2-3,5,8,12,14,16-23,27H2,1H3,(H,47,49,54)(H,48,52,53). The second-order valence-corrected chi connectivity index (χ2v) is 15.8. The molecule has 0 aliphatic carbocycles. The van der Waals surface area contributed by atoms with Crippen LogP contribution in [0.25, 0.3) is 0 Å². The van der Waals surface area contributed by atoms with Crippen molar-refractivity contribution in [1.82, 2.24) is 20.1 Å². The van der Waals surface area contributed by atoms with Gasteiger partial charge in [-0.05, 0) is 73.2 Å². The molecule has 4 aromatic rings. The number of carbonyl (C=O) groups excluding carboxylic acids is 6. The van der Waals surface area contributed by atoms with Crippen LogP contribution in [0.15, 0.2) is 66.2 Å². The third-order valence-corrected chi connectivity index (χ3v) is 11.4. The van der Waals surface area contributed by atoms with E-state index in [4.69, 9.17) is 23.7 Å². The monoisotopic (exact) mass is 885 g/mol. The normalized spacial score (nSPS) is 16.3. The van der Waals surface area contributed by atoms with Crippen molar-refractivity contribution >= 4 is 51.9 Å². The highest BCUT2D eigenvalue weighted by Gasteiger charge is 2.45. The predicted octanol–water partition coefficient (Wildman–Crippen LogP) is 5.26.